The van der Waals surface area contributed by atoms with Crippen molar-refractivity contribution in [3.05, 3.63) is 11.1 Å². The highest BCUT2D eigenvalue weighted by Crippen LogP contribution is 2.39. The maximum Gasteiger partial charge on any atom is 0.0288 e. The summed E-state index contributed by atoms with van der Waals surface area (Å²) in [6.07, 6.45) is 11.4. The van der Waals surface area contributed by atoms with Crippen LogP contribution in [0.25, 0.3) is 0 Å². The molecule has 0 aromatic heterocycles. The van der Waals surface area contributed by atoms with Gasteiger partial charge >= 0.3 is 0 Å². The van der Waals surface area contributed by atoms with Crippen molar-refractivity contribution in [2.45, 2.75) is 63.5 Å². The van der Waals surface area contributed by atoms with Crippen LogP contribution in [0.1, 0.15) is 51.4 Å². The van der Waals surface area contributed by atoms with Gasteiger partial charge in [-0.3, -0.25) is 0 Å². The van der Waals surface area contributed by atoms with Crippen molar-refractivity contribution >= 4 is 0 Å². The summed E-state index contributed by atoms with van der Waals surface area (Å²) >= 11 is 0. The molecule has 1 aliphatic heterocycles. The van der Waals surface area contributed by atoms with Gasteiger partial charge in [-0.2, -0.15) is 0 Å². The second-order valence-corrected chi connectivity index (χ2v) is 4.81. The molecule has 2 fully saturated rings. The molecule has 3 aliphatic rings. The molecular weight excluding hydrogens is 158 g/mol. The number of nitrogens with one attached hydrogen (secondary N) is 1. The van der Waals surface area contributed by atoms with Crippen LogP contribution in [0.2, 0.25) is 0 Å². The first-order valence-electron chi connectivity index (χ1n) is 5.93. The predicted molar refractivity (Wildman–Crippen MR) is 54.7 cm³/mol. The van der Waals surface area contributed by atoms with Gasteiger partial charge in [0.25, 0.3) is 0 Å². The highest BCUT2D eigenvalue weighted by molar-refractivity contribution is 5.33. The van der Waals surface area contributed by atoms with Crippen LogP contribution in [0.5, 0.6) is 0 Å². The smallest absolute Gasteiger partial charge is 0.0288 e. The van der Waals surface area contributed by atoms with E-state index in [2.05, 4.69) is 5.32 Å². The summed E-state index contributed by atoms with van der Waals surface area (Å²) in [6, 6.07) is 1.60. The average molecular weight is 177 g/mol. The van der Waals surface area contributed by atoms with Crippen molar-refractivity contribution in [2.75, 3.05) is 0 Å². The summed E-state index contributed by atoms with van der Waals surface area (Å²) in [5.74, 6) is 0. The molecule has 2 atom stereocenters. The normalized spacial score (nSPS) is 38.8. The van der Waals surface area contributed by atoms with E-state index in [0.717, 1.165) is 12.1 Å². The van der Waals surface area contributed by atoms with Gasteiger partial charge in [-0.15, -0.1) is 0 Å². The quantitative estimate of drug-likeness (QED) is 0.561. The molecule has 0 unspecified atom stereocenters. The number of fused-ring (bicyclic) bond motifs is 2. The number of hydrogen-bond donors (Lipinski definition) is 1. The zero-order chi connectivity index (χ0) is 8.67. The summed E-state index contributed by atoms with van der Waals surface area (Å²) in [4.78, 5) is 0. The molecule has 2 aliphatic carbocycles. The molecule has 1 nitrogen and oxygen atoms in total. The standard InChI is InChI=1S/C12H19N/c1-3-7-11-9(5-1)10-6-2-4-8-12(10)13-11/h11-13H,1-8H2/t11-,12-/m0/s1. The molecular formula is C12H19N. The molecule has 0 spiro atoms. The fraction of sp³-hybridized carbons (Fsp3) is 0.833. The zero-order valence-corrected chi connectivity index (χ0v) is 8.31. The van der Waals surface area contributed by atoms with Crippen molar-refractivity contribution < 1.29 is 0 Å². The lowest BCUT2D eigenvalue weighted by Crippen LogP contribution is -2.34. The van der Waals surface area contributed by atoms with Gasteiger partial charge in [0.15, 0.2) is 0 Å². The molecule has 0 bridgehead atoms. The molecule has 72 valence electrons. The lowest BCUT2D eigenvalue weighted by Gasteiger charge is -2.21. The van der Waals surface area contributed by atoms with Crippen LogP contribution in [-0.4, -0.2) is 12.1 Å². The van der Waals surface area contributed by atoms with E-state index in [1.165, 1.54) is 51.4 Å². The van der Waals surface area contributed by atoms with Gasteiger partial charge in [0.2, 0.25) is 0 Å². The highest BCUT2D eigenvalue weighted by atomic mass is 15.0. The van der Waals surface area contributed by atoms with Gasteiger partial charge in [-0.1, -0.05) is 24.0 Å². The van der Waals surface area contributed by atoms with E-state index in [-0.39, 0.29) is 0 Å². The summed E-state index contributed by atoms with van der Waals surface area (Å²) in [6.45, 7) is 0. The molecule has 2 saturated carbocycles. The zero-order valence-electron chi connectivity index (χ0n) is 8.31. The summed E-state index contributed by atoms with van der Waals surface area (Å²) in [7, 11) is 0. The fourth-order valence-corrected chi connectivity index (χ4v) is 3.40. The van der Waals surface area contributed by atoms with Crippen molar-refractivity contribution in [2.24, 2.45) is 0 Å². The van der Waals surface area contributed by atoms with E-state index in [9.17, 15) is 0 Å². The van der Waals surface area contributed by atoms with Crippen LogP contribution in [0.3, 0.4) is 0 Å². The molecule has 13 heavy (non-hydrogen) atoms. The second-order valence-electron chi connectivity index (χ2n) is 4.81. The van der Waals surface area contributed by atoms with Crippen molar-refractivity contribution in [1.29, 1.82) is 0 Å². The van der Waals surface area contributed by atoms with Crippen LogP contribution in [0, 0.1) is 0 Å². The maximum atomic E-state index is 3.82. The SMILES string of the molecule is C1CC[C@@H]2N[C@H]3CCCCC3=C2C1. The first-order valence-corrected chi connectivity index (χ1v) is 5.93. The first kappa shape index (κ1) is 8.05. The largest absolute Gasteiger partial charge is 0.304 e. The monoisotopic (exact) mass is 177 g/mol. The van der Waals surface area contributed by atoms with Gasteiger partial charge in [0.05, 0.1) is 0 Å². The Hall–Kier alpha value is -0.300. The Morgan fingerprint density at radius 3 is 1.85 bits per heavy atom. The summed E-state index contributed by atoms with van der Waals surface area (Å²) < 4.78 is 0. The maximum absolute atomic E-state index is 3.82. The van der Waals surface area contributed by atoms with Crippen LogP contribution in [0.4, 0.5) is 0 Å². The summed E-state index contributed by atoms with van der Waals surface area (Å²) in [5.41, 5.74) is 3.66. The van der Waals surface area contributed by atoms with Crippen LogP contribution >= 0.6 is 0 Å². The van der Waals surface area contributed by atoms with Gasteiger partial charge in [-0.05, 0) is 38.5 Å². The van der Waals surface area contributed by atoms with Crippen molar-refractivity contribution in [1.82, 2.24) is 5.32 Å². The Bertz CT molecular complexity index is 218. The molecule has 0 amide bonds. The van der Waals surface area contributed by atoms with E-state index in [0.29, 0.717) is 0 Å². The van der Waals surface area contributed by atoms with Gasteiger partial charge in [-0.25, -0.2) is 0 Å². The molecule has 0 aromatic carbocycles. The Kier molecular flexibility index (Phi) is 1.93. The molecule has 1 N–H and O–H groups in total. The van der Waals surface area contributed by atoms with Crippen molar-refractivity contribution in [3.8, 4) is 0 Å². The molecule has 0 radical (unpaired) electrons. The first-order chi connectivity index (χ1) is 6.45. The van der Waals surface area contributed by atoms with E-state index in [4.69, 9.17) is 0 Å². The van der Waals surface area contributed by atoms with Gasteiger partial charge in [0, 0.05) is 12.1 Å². The molecule has 1 heteroatoms. The lowest BCUT2D eigenvalue weighted by atomic mass is 9.84. The van der Waals surface area contributed by atoms with Crippen LogP contribution < -0.4 is 5.32 Å². The Labute approximate surface area is 80.6 Å². The molecule has 3 rings (SSSR count). The second kappa shape index (κ2) is 3.13. The van der Waals surface area contributed by atoms with Gasteiger partial charge in [0.1, 0.15) is 0 Å². The van der Waals surface area contributed by atoms with E-state index in [1.807, 2.05) is 11.1 Å². The minimum absolute atomic E-state index is 0.798. The Morgan fingerprint density at radius 2 is 1.31 bits per heavy atom. The number of rotatable bonds is 0. The van der Waals surface area contributed by atoms with E-state index in [1.54, 1.807) is 0 Å². The fourth-order valence-electron chi connectivity index (χ4n) is 3.40. The Morgan fingerprint density at radius 1 is 0.769 bits per heavy atom. The summed E-state index contributed by atoms with van der Waals surface area (Å²) in [5, 5.41) is 3.82. The van der Waals surface area contributed by atoms with Crippen LogP contribution in [0.15, 0.2) is 11.1 Å². The van der Waals surface area contributed by atoms with E-state index < -0.39 is 0 Å². The third-order valence-electron chi connectivity index (χ3n) is 4.03. The minimum Gasteiger partial charge on any atom is -0.304 e. The van der Waals surface area contributed by atoms with Crippen molar-refractivity contribution in [3.63, 3.8) is 0 Å². The molecule has 0 saturated heterocycles. The predicted octanol–water partition coefficient (Wildman–Crippen LogP) is 2.77. The van der Waals surface area contributed by atoms with E-state index >= 15 is 0 Å². The third kappa shape index (κ3) is 1.25. The van der Waals surface area contributed by atoms with Gasteiger partial charge < -0.3 is 5.32 Å². The molecule has 1 heterocycles. The number of hydrogen-bond acceptors (Lipinski definition) is 1. The molecule has 0 aromatic rings. The third-order valence-corrected chi connectivity index (χ3v) is 4.03. The highest BCUT2D eigenvalue weighted by Gasteiger charge is 2.34. The van der Waals surface area contributed by atoms with Crippen LogP contribution in [-0.2, 0) is 0 Å². The lowest BCUT2D eigenvalue weighted by molar-refractivity contribution is 0.430. The minimum atomic E-state index is 0.798. The average Bonchev–Trinajstić information content (AvgIpc) is 2.56. The topological polar surface area (TPSA) is 12.0 Å². The Balaban J connectivity index is 1.89.